The quantitative estimate of drug-likeness (QED) is 0.777. The van der Waals surface area contributed by atoms with Crippen molar-refractivity contribution >= 4 is 17.4 Å². The molecule has 2 aromatic rings. The smallest absolute Gasteiger partial charge is 0.341 e. The van der Waals surface area contributed by atoms with Gasteiger partial charge in [0, 0.05) is 19.3 Å². The number of fused-ring (bicyclic) bond motifs is 1. The summed E-state index contributed by atoms with van der Waals surface area (Å²) in [5.74, 6) is -0.377. The number of nitrogens with zero attached hydrogens (tertiary/aromatic N) is 4. The van der Waals surface area contributed by atoms with Gasteiger partial charge in [0.1, 0.15) is 11.4 Å². The van der Waals surface area contributed by atoms with Gasteiger partial charge in [-0.2, -0.15) is 5.10 Å². The van der Waals surface area contributed by atoms with Crippen molar-refractivity contribution < 1.29 is 15.0 Å². The number of carbonyl (C=O) groups is 1. The molecule has 94 valence electrons. The number of carboxylic acid groups (broad SMARTS) is 1. The maximum atomic E-state index is 11.0. The van der Waals surface area contributed by atoms with Crippen LogP contribution in [-0.4, -0.2) is 50.0 Å². The van der Waals surface area contributed by atoms with E-state index in [2.05, 4.69) is 10.1 Å². The summed E-state index contributed by atoms with van der Waals surface area (Å²) in [6.07, 6.45) is 3.33. The number of rotatable bonds is 2. The Kier molecular flexibility index (Phi) is 2.41. The summed E-state index contributed by atoms with van der Waals surface area (Å²) in [6.45, 7) is 1.25. The standard InChI is InChI=1S/C11H12N4O3/c16-7-1-3-14(6-7)9-2-4-15-10(13-9)8(5-12-15)11(17)18/h2,4-5,7,16H,1,3,6H2,(H,17,18)/t7-/m1/s1. The van der Waals surface area contributed by atoms with Crippen LogP contribution >= 0.6 is 0 Å². The van der Waals surface area contributed by atoms with E-state index in [9.17, 15) is 9.90 Å². The number of hydrogen-bond acceptors (Lipinski definition) is 5. The second-order valence-corrected chi connectivity index (χ2v) is 4.31. The molecule has 7 heteroatoms. The predicted molar refractivity (Wildman–Crippen MR) is 62.8 cm³/mol. The summed E-state index contributed by atoms with van der Waals surface area (Å²) in [5, 5.41) is 22.4. The fourth-order valence-electron chi connectivity index (χ4n) is 2.14. The maximum absolute atomic E-state index is 11.0. The van der Waals surface area contributed by atoms with E-state index in [0.717, 1.165) is 6.54 Å². The molecule has 3 rings (SSSR count). The minimum absolute atomic E-state index is 0.0802. The predicted octanol–water partition coefficient (Wildman–Crippen LogP) is -0.00150. The van der Waals surface area contributed by atoms with Crippen molar-refractivity contribution in [2.45, 2.75) is 12.5 Å². The monoisotopic (exact) mass is 248 g/mol. The number of β-amino-alcohol motifs (C(OH)–C–C–N with tert-alkyl or cyclic N) is 1. The Morgan fingerprint density at radius 1 is 1.50 bits per heavy atom. The summed E-state index contributed by atoms with van der Waals surface area (Å²) in [5.41, 5.74) is 0.401. The normalized spacial score (nSPS) is 19.6. The first-order valence-corrected chi connectivity index (χ1v) is 5.66. The fourth-order valence-corrected chi connectivity index (χ4v) is 2.14. The van der Waals surface area contributed by atoms with Gasteiger partial charge in [-0.15, -0.1) is 0 Å². The molecule has 2 aromatic heterocycles. The van der Waals surface area contributed by atoms with E-state index in [-0.39, 0.29) is 11.7 Å². The lowest BCUT2D eigenvalue weighted by Crippen LogP contribution is -2.22. The highest BCUT2D eigenvalue weighted by atomic mass is 16.4. The Labute approximate surface area is 102 Å². The minimum atomic E-state index is -1.05. The van der Waals surface area contributed by atoms with E-state index in [1.54, 1.807) is 12.3 Å². The number of aliphatic hydroxyl groups is 1. The molecule has 2 N–H and O–H groups in total. The molecule has 1 saturated heterocycles. The largest absolute Gasteiger partial charge is 0.477 e. The van der Waals surface area contributed by atoms with Gasteiger partial charge in [-0.25, -0.2) is 14.3 Å². The SMILES string of the molecule is O=C(O)c1cnn2ccc(N3CC[C@@H](O)C3)nc12. The molecule has 0 aromatic carbocycles. The van der Waals surface area contributed by atoms with Gasteiger partial charge < -0.3 is 15.1 Å². The van der Waals surface area contributed by atoms with Gasteiger partial charge in [-0.3, -0.25) is 0 Å². The van der Waals surface area contributed by atoms with Crippen molar-refractivity contribution in [2.24, 2.45) is 0 Å². The molecule has 0 spiro atoms. The third kappa shape index (κ3) is 1.68. The van der Waals surface area contributed by atoms with Crippen molar-refractivity contribution in [1.82, 2.24) is 14.6 Å². The first kappa shape index (κ1) is 11.0. The molecule has 0 unspecified atom stereocenters. The lowest BCUT2D eigenvalue weighted by Gasteiger charge is -2.16. The molecule has 1 fully saturated rings. The number of aromatic carboxylic acids is 1. The van der Waals surface area contributed by atoms with Crippen molar-refractivity contribution in [3.63, 3.8) is 0 Å². The van der Waals surface area contributed by atoms with Crippen molar-refractivity contribution in [1.29, 1.82) is 0 Å². The van der Waals surface area contributed by atoms with Gasteiger partial charge >= 0.3 is 5.97 Å². The molecule has 1 aliphatic heterocycles. The summed E-state index contributed by atoms with van der Waals surface area (Å²) >= 11 is 0. The summed E-state index contributed by atoms with van der Waals surface area (Å²) in [7, 11) is 0. The number of hydrogen-bond donors (Lipinski definition) is 2. The van der Waals surface area contributed by atoms with Crippen LogP contribution in [0.25, 0.3) is 5.65 Å². The van der Waals surface area contributed by atoms with E-state index in [1.165, 1.54) is 10.7 Å². The Balaban J connectivity index is 2.04. The first-order valence-electron chi connectivity index (χ1n) is 5.66. The van der Waals surface area contributed by atoms with Gasteiger partial charge in [-0.05, 0) is 12.5 Å². The molecule has 7 nitrogen and oxygen atoms in total. The van der Waals surface area contributed by atoms with Crippen LogP contribution in [0.4, 0.5) is 5.82 Å². The van der Waals surface area contributed by atoms with Crippen LogP contribution in [0.1, 0.15) is 16.8 Å². The lowest BCUT2D eigenvalue weighted by atomic mass is 10.3. The Morgan fingerprint density at radius 2 is 2.33 bits per heavy atom. The molecule has 1 atom stereocenters. The van der Waals surface area contributed by atoms with Crippen LogP contribution in [-0.2, 0) is 0 Å². The minimum Gasteiger partial charge on any atom is -0.477 e. The molecule has 18 heavy (non-hydrogen) atoms. The highest BCUT2D eigenvalue weighted by Gasteiger charge is 2.22. The second-order valence-electron chi connectivity index (χ2n) is 4.31. The molecule has 0 radical (unpaired) electrons. The van der Waals surface area contributed by atoms with Crippen molar-refractivity contribution in [2.75, 3.05) is 18.0 Å². The van der Waals surface area contributed by atoms with E-state index < -0.39 is 5.97 Å². The average molecular weight is 248 g/mol. The molecule has 0 saturated carbocycles. The average Bonchev–Trinajstić information content (AvgIpc) is 2.93. The van der Waals surface area contributed by atoms with E-state index >= 15 is 0 Å². The third-order valence-corrected chi connectivity index (χ3v) is 3.07. The molecule has 0 amide bonds. The van der Waals surface area contributed by atoms with E-state index in [4.69, 9.17) is 5.11 Å². The van der Waals surface area contributed by atoms with Crippen LogP contribution in [0.15, 0.2) is 18.5 Å². The number of anilines is 1. The van der Waals surface area contributed by atoms with Gasteiger partial charge in [0.15, 0.2) is 5.65 Å². The Morgan fingerprint density at radius 3 is 3.00 bits per heavy atom. The van der Waals surface area contributed by atoms with Crippen LogP contribution in [0, 0.1) is 0 Å². The van der Waals surface area contributed by atoms with Crippen molar-refractivity contribution in [3.05, 3.63) is 24.0 Å². The van der Waals surface area contributed by atoms with Crippen LogP contribution in [0.3, 0.4) is 0 Å². The molecular weight excluding hydrogens is 236 g/mol. The summed E-state index contributed by atoms with van der Waals surface area (Å²) < 4.78 is 1.43. The summed E-state index contributed by atoms with van der Waals surface area (Å²) in [6, 6.07) is 1.77. The zero-order valence-corrected chi connectivity index (χ0v) is 9.52. The molecule has 1 aliphatic rings. The number of aliphatic hydroxyl groups excluding tert-OH is 1. The maximum Gasteiger partial charge on any atom is 0.341 e. The Bertz CT molecular complexity index is 609. The second kappa shape index (κ2) is 3.95. The first-order chi connectivity index (χ1) is 8.65. The summed E-state index contributed by atoms with van der Waals surface area (Å²) in [4.78, 5) is 17.3. The molecule has 0 bridgehead atoms. The van der Waals surface area contributed by atoms with Crippen molar-refractivity contribution in [3.8, 4) is 0 Å². The molecular formula is C11H12N4O3. The van der Waals surface area contributed by atoms with E-state index in [1.807, 2.05) is 4.90 Å². The van der Waals surface area contributed by atoms with Gasteiger partial charge in [0.05, 0.1) is 12.3 Å². The Hall–Kier alpha value is -2.15. The zero-order valence-electron chi connectivity index (χ0n) is 9.52. The van der Waals surface area contributed by atoms with Gasteiger partial charge in [0.2, 0.25) is 0 Å². The highest BCUT2D eigenvalue weighted by molar-refractivity contribution is 5.94. The number of carboxylic acids is 1. The number of aromatic nitrogens is 3. The lowest BCUT2D eigenvalue weighted by molar-refractivity contribution is 0.0698. The topological polar surface area (TPSA) is 91.0 Å². The fraction of sp³-hybridized carbons (Fsp3) is 0.364. The molecule has 3 heterocycles. The zero-order chi connectivity index (χ0) is 12.7. The third-order valence-electron chi connectivity index (χ3n) is 3.07. The van der Waals surface area contributed by atoms with Gasteiger partial charge in [0.25, 0.3) is 0 Å². The van der Waals surface area contributed by atoms with Crippen LogP contribution in [0.2, 0.25) is 0 Å². The van der Waals surface area contributed by atoms with Crippen LogP contribution < -0.4 is 4.90 Å². The van der Waals surface area contributed by atoms with E-state index in [0.29, 0.717) is 24.4 Å². The van der Waals surface area contributed by atoms with Gasteiger partial charge in [-0.1, -0.05) is 0 Å². The molecule has 0 aliphatic carbocycles. The highest BCUT2D eigenvalue weighted by Crippen LogP contribution is 2.19. The van der Waals surface area contributed by atoms with Crippen LogP contribution in [0.5, 0.6) is 0 Å².